The van der Waals surface area contributed by atoms with E-state index in [0.29, 0.717) is 17.9 Å². The second-order valence-corrected chi connectivity index (χ2v) is 4.91. The third-order valence-corrected chi connectivity index (χ3v) is 3.51. The Morgan fingerprint density at radius 2 is 2.00 bits per heavy atom. The van der Waals surface area contributed by atoms with E-state index in [2.05, 4.69) is 4.98 Å². The number of pyridine rings is 1. The van der Waals surface area contributed by atoms with E-state index < -0.39 is 11.2 Å². The van der Waals surface area contributed by atoms with Crippen LogP contribution in [0.4, 0.5) is 0 Å². The van der Waals surface area contributed by atoms with Gasteiger partial charge in [-0.25, -0.2) is 0 Å². The molecule has 2 aromatic rings. The topological polar surface area (TPSA) is 48.4 Å². The molecule has 0 aliphatic heterocycles. The normalized spacial score (nSPS) is 11.8. The van der Waals surface area contributed by atoms with Crippen LogP contribution in [0.2, 0.25) is 0 Å². The van der Waals surface area contributed by atoms with Crippen molar-refractivity contribution in [2.75, 3.05) is 14.2 Å². The van der Waals surface area contributed by atoms with E-state index in [4.69, 9.17) is 21.1 Å². The van der Waals surface area contributed by atoms with Crippen LogP contribution in [0.5, 0.6) is 11.5 Å². The third-order valence-electron chi connectivity index (χ3n) is 3.25. The van der Waals surface area contributed by atoms with Crippen LogP contribution in [-0.2, 0) is 11.2 Å². The quantitative estimate of drug-likeness (QED) is 0.769. The van der Waals surface area contributed by atoms with Gasteiger partial charge < -0.3 is 9.47 Å². The zero-order valence-electron chi connectivity index (χ0n) is 11.9. The van der Waals surface area contributed by atoms with Gasteiger partial charge in [-0.15, -0.1) is 0 Å². The van der Waals surface area contributed by atoms with E-state index in [9.17, 15) is 4.79 Å². The van der Waals surface area contributed by atoms with Crippen LogP contribution in [-0.4, -0.2) is 24.4 Å². The molecule has 5 heteroatoms. The molecule has 21 heavy (non-hydrogen) atoms. The summed E-state index contributed by atoms with van der Waals surface area (Å²) < 4.78 is 10.5. The minimum atomic E-state index is -0.448. The van der Waals surface area contributed by atoms with Crippen LogP contribution < -0.4 is 9.47 Å². The average Bonchev–Trinajstić information content (AvgIpc) is 2.52. The predicted octanol–water partition coefficient (Wildman–Crippen LogP) is 3.19. The standard InChI is InChI=1S/C16H16ClNO3/c1-20-14-6-5-12(9-15(14)21-2)13(16(17)19)8-11-4-3-7-18-10-11/h3-7,9-10,13H,8H2,1-2H3. The molecule has 0 bridgehead atoms. The van der Waals surface area contributed by atoms with E-state index in [0.717, 1.165) is 11.1 Å². The lowest BCUT2D eigenvalue weighted by atomic mass is 9.93. The van der Waals surface area contributed by atoms with Gasteiger partial charge in [-0.3, -0.25) is 9.78 Å². The van der Waals surface area contributed by atoms with Crippen molar-refractivity contribution in [3.05, 3.63) is 53.9 Å². The zero-order valence-corrected chi connectivity index (χ0v) is 12.6. The molecule has 1 atom stereocenters. The van der Waals surface area contributed by atoms with Gasteiger partial charge >= 0.3 is 0 Å². The Kier molecular flexibility index (Phi) is 5.17. The molecular formula is C16H16ClNO3. The smallest absolute Gasteiger partial charge is 0.229 e. The number of halogens is 1. The van der Waals surface area contributed by atoms with Gasteiger partial charge in [0.2, 0.25) is 5.24 Å². The first kappa shape index (κ1) is 15.3. The average molecular weight is 306 g/mol. The summed E-state index contributed by atoms with van der Waals surface area (Å²) in [6, 6.07) is 9.12. The molecule has 1 unspecified atom stereocenters. The molecule has 1 heterocycles. The van der Waals surface area contributed by atoms with Crippen LogP contribution in [0.1, 0.15) is 17.0 Å². The summed E-state index contributed by atoms with van der Waals surface area (Å²) in [5, 5.41) is -0.411. The lowest BCUT2D eigenvalue weighted by molar-refractivity contribution is -0.113. The van der Waals surface area contributed by atoms with Gasteiger partial charge in [-0.1, -0.05) is 12.1 Å². The highest BCUT2D eigenvalue weighted by Crippen LogP contribution is 2.32. The Bertz CT molecular complexity index is 616. The number of nitrogens with zero attached hydrogens (tertiary/aromatic N) is 1. The molecule has 0 saturated heterocycles. The van der Waals surface area contributed by atoms with Gasteiger partial charge in [0.15, 0.2) is 11.5 Å². The molecule has 2 rings (SSSR count). The van der Waals surface area contributed by atoms with Crippen LogP contribution in [0.3, 0.4) is 0 Å². The van der Waals surface area contributed by atoms with Crippen LogP contribution >= 0.6 is 11.6 Å². The minimum Gasteiger partial charge on any atom is -0.493 e. The molecule has 0 N–H and O–H groups in total. The van der Waals surface area contributed by atoms with Crippen molar-refractivity contribution >= 4 is 16.8 Å². The summed E-state index contributed by atoms with van der Waals surface area (Å²) in [5.41, 5.74) is 1.74. The monoisotopic (exact) mass is 305 g/mol. The number of carbonyl (C=O) groups is 1. The molecule has 1 aromatic heterocycles. The Labute approximate surface area is 128 Å². The van der Waals surface area contributed by atoms with Gasteiger partial charge in [0.25, 0.3) is 0 Å². The second-order valence-electron chi connectivity index (χ2n) is 4.54. The van der Waals surface area contributed by atoms with E-state index in [1.165, 1.54) is 0 Å². The minimum absolute atomic E-state index is 0.411. The first-order valence-electron chi connectivity index (χ1n) is 6.46. The number of carbonyl (C=O) groups excluding carboxylic acids is 1. The zero-order chi connectivity index (χ0) is 15.2. The first-order valence-corrected chi connectivity index (χ1v) is 6.83. The number of ether oxygens (including phenoxy) is 2. The first-order chi connectivity index (χ1) is 10.2. The lowest BCUT2D eigenvalue weighted by Gasteiger charge is -2.15. The van der Waals surface area contributed by atoms with Gasteiger partial charge in [0.1, 0.15) is 0 Å². The summed E-state index contributed by atoms with van der Waals surface area (Å²) in [5.74, 6) is 0.739. The Morgan fingerprint density at radius 1 is 1.24 bits per heavy atom. The van der Waals surface area contributed by atoms with E-state index >= 15 is 0 Å². The number of methoxy groups -OCH3 is 2. The predicted molar refractivity (Wildman–Crippen MR) is 81.1 cm³/mol. The summed E-state index contributed by atoms with van der Waals surface area (Å²) in [6.45, 7) is 0. The van der Waals surface area contributed by atoms with Crippen molar-refractivity contribution in [2.24, 2.45) is 0 Å². The molecule has 0 aliphatic carbocycles. The van der Waals surface area contributed by atoms with Crippen LogP contribution in [0.25, 0.3) is 0 Å². The number of aromatic nitrogens is 1. The highest BCUT2D eigenvalue weighted by atomic mass is 35.5. The van der Waals surface area contributed by atoms with Gasteiger partial charge in [-0.05, 0) is 47.3 Å². The fourth-order valence-corrected chi connectivity index (χ4v) is 2.36. The fraction of sp³-hybridized carbons (Fsp3) is 0.250. The SMILES string of the molecule is COc1ccc(C(Cc2cccnc2)C(=O)Cl)cc1OC. The number of hydrogen-bond acceptors (Lipinski definition) is 4. The van der Waals surface area contributed by atoms with Crippen molar-refractivity contribution in [2.45, 2.75) is 12.3 Å². The highest BCUT2D eigenvalue weighted by Gasteiger charge is 2.21. The fourth-order valence-electron chi connectivity index (χ4n) is 2.15. The molecule has 0 spiro atoms. The highest BCUT2D eigenvalue weighted by molar-refractivity contribution is 6.64. The van der Waals surface area contributed by atoms with Crippen molar-refractivity contribution < 1.29 is 14.3 Å². The molecule has 110 valence electrons. The largest absolute Gasteiger partial charge is 0.493 e. The maximum atomic E-state index is 11.8. The third kappa shape index (κ3) is 3.73. The Morgan fingerprint density at radius 3 is 2.57 bits per heavy atom. The number of hydrogen-bond donors (Lipinski definition) is 0. The van der Waals surface area contributed by atoms with E-state index in [1.807, 2.05) is 18.2 Å². The van der Waals surface area contributed by atoms with Gasteiger partial charge in [0, 0.05) is 12.4 Å². The molecule has 4 nitrogen and oxygen atoms in total. The maximum Gasteiger partial charge on any atom is 0.229 e. The summed E-state index contributed by atoms with van der Waals surface area (Å²) in [7, 11) is 3.12. The van der Waals surface area contributed by atoms with Gasteiger partial charge in [-0.2, -0.15) is 0 Å². The number of benzene rings is 1. The second kappa shape index (κ2) is 7.09. The molecule has 0 radical (unpaired) electrons. The molecule has 0 saturated carbocycles. The maximum absolute atomic E-state index is 11.8. The molecular weight excluding hydrogens is 290 g/mol. The molecule has 0 fully saturated rings. The van der Waals surface area contributed by atoms with Crippen molar-refractivity contribution in [3.8, 4) is 11.5 Å². The van der Waals surface area contributed by atoms with Crippen molar-refractivity contribution in [1.29, 1.82) is 0 Å². The molecule has 0 aliphatic rings. The Hall–Kier alpha value is -2.07. The van der Waals surface area contributed by atoms with Crippen molar-refractivity contribution in [3.63, 3.8) is 0 Å². The summed E-state index contributed by atoms with van der Waals surface area (Å²) in [6.07, 6.45) is 3.91. The lowest BCUT2D eigenvalue weighted by Crippen LogP contribution is -2.10. The molecule has 1 aromatic carbocycles. The number of rotatable bonds is 6. The van der Waals surface area contributed by atoms with E-state index in [1.54, 1.807) is 38.7 Å². The van der Waals surface area contributed by atoms with Gasteiger partial charge in [0.05, 0.1) is 20.1 Å². The summed E-state index contributed by atoms with van der Waals surface area (Å²) >= 11 is 5.77. The Balaban J connectivity index is 2.32. The van der Waals surface area contributed by atoms with Crippen LogP contribution in [0, 0.1) is 0 Å². The van der Waals surface area contributed by atoms with E-state index in [-0.39, 0.29) is 0 Å². The van der Waals surface area contributed by atoms with Crippen LogP contribution in [0.15, 0.2) is 42.7 Å². The van der Waals surface area contributed by atoms with Crippen molar-refractivity contribution in [1.82, 2.24) is 4.98 Å². The molecule has 0 amide bonds. The summed E-state index contributed by atoms with van der Waals surface area (Å²) in [4.78, 5) is 15.8.